The summed E-state index contributed by atoms with van der Waals surface area (Å²) >= 11 is 0. The number of rotatable bonds is 5. The lowest BCUT2D eigenvalue weighted by atomic mass is 9.92. The van der Waals surface area contributed by atoms with Gasteiger partial charge in [-0.2, -0.15) is 10.2 Å². The van der Waals surface area contributed by atoms with E-state index in [2.05, 4.69) is 25.5 Å². The van der Waals surface area contributed by atoms with Crippen LogP contribution in [0.25, 0.3) is 17.1 Å². The molecule has 1 aliphatic rings. The van der Waals surface area contributed by atoms with Gasteiger partial charge in [0, 0.05) is 43.7 Å². The van der Waals surface area contributed by atoms with Crippen molar-refractivity contribution in [1.82, 2.24) is 34.8 Å². The second-order valence-corrected chi connectivity index (χ2v) is 8.18. The average Bonchev–Trinajstić information content (AvgIpc) is 3.28. The van der Waals surface area contributed by atoms with E-state index in [1.807, 2.05) is 49.9 Å². The highest BCUT2D eigenvalue weighted by Gasteiger charge is 2.16. The first kappa shape index (κ1) is 20.3. The minimum Gasteiger partial charge on any atom is -0.317 e. The van der Waals surface area contributed by atoms with Gasteiger partial charge in [-0.15, -0.1) is 0 Å². The molecule has 8 nitrogen and oxygen atoms in total. The molecule has 1 saturated heterocycles. The Morgan fingerprint density at radius 2 is 1.91 bits per heavy atom. The van der Waals surface area contributed by atoms with E-state index in [4.69, 9.17) is 0 Å². The molecular formula is C24H25N7O. The van der Waals surface area contributed by atoms with Crippen molar-refractivity contribution in [2.45, 2.75) is 25.2 Å². The van der Waals surface area contributed by atoms with Crippen molar-refractivity contribution in [3.63, 3.8) is 0 Å². The summed E-state index contributed by atoms with van der Waals surface area (Å²) in [5.74, 6) is 1.22. The van der Waals surface area contributed by atoms with Crippen LogP contribution in [-0.4, -0.2) is 42.6 Å². The second-order valence-electron chi connectivity index (χ2n) is 8.18. The van der Waals surface area contributed by atoms with Crippen molar-refractivity contribution in [2.24, 2.45) is 7.05 Å². The molecule has 4 aromatic rings. The largest absolute Gasteiger partial charge is 0.317 e. The number of aryl methyl sites for hydroxylation is 1. The van der Waals surface area contributed by atoms with Crippen molar-refractivity contribution in [2.75, 3.05) is 13.1 Å². The molecule has 0 spiro atoms. The third-order valence-electron chi connectivity index (χ3n) is 5.87. The van der Waals surface area contributed by atoms with Crippen molar-refractivity contribution < 1.29 is 0 Å². The Morgan fingerprint density at radius 1 is 1.09 bits per heavy atom. The van der Waals surface area contributed by atoms with Crippen LogP contribution >= 0.6 is 0 Å². The molecule has 1 N–H and O–H groups in total. The molecule has 3 aromatic heterocycles. The fourth-order valence-electron chi connectivity index (χ4n) is 4.11. The molecule has 4 heterocycles. The van der Waals surface area contributed by atoms with Crippen LogP contribution in [0.4, 0.5) is 0 Å². The van der Waals surface area contributed by atoms with Crippen molar-refractivity contribution in [3.8, 4) is 17.1 Å². The highest BCUT2D eigenvalue weighted by Crippen LogP contribution is 2.25. The number of piperidine rings is 1. The fourth-order valence-corrected chi connectivity index (χ4v) is 4.11. The first-order valence-electron chi connectivity index (χ1n) is 10.9. The van der Waals surface area contributed by atoms with Gasteiger partial charge in [0.1, 0.15) is 11.4 Å². The Kier molecular flexibility index (Phi) is 5.60. The molecule has 0 bridgehead atoms. The zero-order valence-electron chi connectivity index (χ0n) is 18.0. The van der Waals surface area contributed by atoms with Gasteiger partial charge in [-0.1, -0.05) is 18.2 Å². The quantitative estimate of drug-likeness (QED) is 0.526. The molecule has 5 rings (SSSR count). The summed E-state index contributed by atoms with van der Waals surface area (Å²) in [7, 11) is 1.85. The predicted molar refractivity (Wildman–Crippen MR) is 122 cm³/mol. The van der Waals surface area contributed by atoms with Crippen LogP contribution in [0.15, 0.2) is 66.1 Å². The highest BCUT2D eigenvalue weighted by atomic mass is 16.1. The Bertz CT molecular complexity index is 1270. The number of nitrogens with zero attached hydrogens (tertiary/aromatic N) is 6. The SMILES string of the molecule is Cn1cc(-n2ccc(=O)c(Cc3cccc(-c4ncc(C5CCNCC5)cn4)c3)n2)cn1. The third-order valence-corrected chi connectivity index (χ3v) is 5.87. The zero-order chi connectivity index (χ0) is 21.9. The average molecular weight is 428 g/mol. The minimum atomic E-state index is -0.0851. The van der Waals surface area contributed by atoms with Crippen LogP contribution in [0.5, 0.6) is 0 Å². The maximum absolute atomic E-state index is 12.4. The molecule has 0 unspecified atom stereocenters. The van der Waals surface area contributed by atoms with Crippen LogP contribution in [0.2, 0.25) is 0 Å². The molecule has 162 valence electrons. The Hall–Kier alpha value is -3.65. The van der Waals surface area contributed by atoms with Crippen molar-refractivity contribution in [3.05, 3.63) is 88.4 Å². The van der Waals surface area contributed by atoms with E-state index in [1.165, 1.54) is 5.56 Å². The van der Waals surface area contributed by atoms with E-state index >= 15 is 0 Å². The van der Waals surface area contributed by atoms with Crippen LogP contribution in [0.1, 0.15) is 35.6 Å². The molecule has 0 aliphatic carbocycles. The standard InChI is InChI=1S/C24H25N7O/c1-30-16-21(15-28-30)31-10-7-23(32)22(29-31)12-17-3-2-4-19(11-17)24-26-13-20(14-27-24)18-5-8-25-9-6-18/h2-4,7,10-11,13-16,18,25H,5-6,8-9,12H2,1H3. The summed E-state index contributed by atoms with van der Waals surface area (Å²) in [6, 6.07) is 9.53. The van der Waals surface area contributed by atoms with Gasteiger partial charge in [-0.25, -0.2) is 14.6 Å². The van der Waals surface area contributed by atoms with E-state index < -0.39 is 0 Å². The minimum absolute atomic E-state index is 0.0851. The topological polar surface area (TPSA) is 90.5 Å². The van der Waals surface area contributed by atoms with Crippen LogP contribution < -0.4 is 10.7 Å². The van der Waals surface area contributed by atoms with E-state index in [-0.39, 0.29) is 5.43 Å². The van der Waals surface area contributed by atoms with Gasteiger partial charge in [0.05, 0.1) is 12.4 Å². The number of hydrogen-bond acceptors (Lipinski definition) is 6. The van der Waals surface area contributed by atoms with Crippen molar-refractivity contribution in [1.29, 1.82) is 0 Å². The van der Waals surface area contributed by atoms with Crippen LogP contribution in [0, 0.1) is 0 Å². The normalized spacial score (nSPS) is 14.5. The van der Waals surface area contributed by atoms with Gasteiger partial charge in [0.15, 0.2) is 5.82 Å². The number of hydrogen-bond donors (Lipinski definition) is 1. The highest BCUT2D eigenvalue weighted by molar-refractivity contribution is 5.56. The molecular weight excluding hydrogens is 402 g/mol. The number of aromatic nitrogens is 6. The Morgan fingerprint density at radius 3 is 2.66 bits per heavy atom. The predicted octanol–water partition coefficient (Wildman–Crippen LogP) is 2.48. The monoisotopic (exact) mass is 427 g/mol. The Balaban J connectivity index is 1.37. The lowest BCUT2D eigenvalue weighted by Gasteiger charge is -2.22. The molecule has 32 heavy (non-hydrogen) atoms. The summed E-state index contributed by atoms with van der Waals surface area (Å²) in [6.07, 6.45) is 11.8. The van der Waals surface area contributed by atoms with Gasteiger partial charge < -0.3 is 5.32 Å². The van der Waals surface area contributed by atoms with Crippen molar-refractivity contribution >= 4 is 0 Å². The summed E-state index contributed by atoms with van der Waals surface area (Å²) in [4.78, 5) is 21.7. The van der Waals surface area contributed by atoms with Gasteiger partial charge in [-0.3, -0.25) is 9.48 Å². The lowest BCUT2D eigenvalue weighted by molar-refractivity contribution is 0.459. The molecule has 1 aliphatic heterocycles. The van der Waals surface area contributed by atoms with Gasteiger partial charge in [-0.05, 0) is 49.0 Å². The summed E-state index contributed by atoms with van der Waals surface area (Å²) in [5.41, 5.74) is 4.33. The summed E-state index contributed by atoms with van der Waals surface area (Å²) in [5, 5.41) is 12.1. The first-order valence-corrected chi connectivity index (χ1v) is 10.9. The molecule has 1 fully saturated rings. The fraction of sp³-hybridized carbons (Fsp3) is 0.292. The van der Waals surface area contributed by atoms with Gasteiger partial charge in [0.25, 0.3) is 0 Å². The Labute approximate surface area is 186 Å². The lowest BCUT2D eigenvalue weighted by Crippen LogP contribution is -2.26. The van der Waals surface area contributed by atoms with Gasteiger partial charge >= 0.3 is 0 Å². The van der Waals surface area contributed by atoms with E-state index in [0.29, 0.717) is 23.9 Å². The van der Waals surface area contributed by atoms with E-state index in [1.54, 1.807) is 27.8 Å². The van der Waals surface area contributed by atoms with Gasteiger partial charge in [0.2, 0.25) is 5.43 Å². The van der Waals surface area contributed by atoms with Crippen LogP contribution in [0.3, 0.4) is 0 Å². The molecule has 0 amide bonds. The first-order chi connectivity index (χ1) is 15.7. The zero-order valence-corrected chi connectivity index (χ0v) is 18.0. The third kappa shape index (κ3) is 4.36. The maximum Gasteiger partial charge on any atom is 0.203 e. The summed E-state index contributed by atoms with van der Waals surface area (Å²) in [6.45, 7) is 2.09. The van der Waals surface area contributed by atoms with E-state index in [9.17, 15) is 4.79 Å². The summed E-state index contributed by atoms with van der Waals surface area (Å²) < 4.78 is 3.38. The maximum atomic E-state index is 12.4. The van der Waals surface area contributed by atoms with Crippen LogP contribution in [-0.2, 0) is 13.5 Å². The number of nitrogens with one attached hydrogen (secondary N) is 1. The molecule has 1 aromatic carbocycles. The van der Waals surface area contributed by atoms with E-state index in [0.717, 1.165) is 42.7 Å². The molecule has 0 atom stereocenters. The molecule has 8 heteroatoms. The molecule has 0 radical (unpaired) electrons. The molecule has 0 saturated carbocycles. The smallest absolute Gasteiger partial charge is 0.203 e. The second kappa shape index (κ2) is 8.84. The number of benzene rings is 1.